The van der Waals surface area contributed by atoms with Crippen molar-refractivity contribution in [3.63, 3.8) is 0 Å². The lowest BCUT2D eigenvalue weighted by Crippen LogP contribution is -2.11. The van der Waals surface area contributed by atoms with Crippen molar-refractivity contribution in [1.82, 2.24) is 4.90 Å². The van der Waals surface area contributed by atoms with E-state index in [4.69, 9.17) is 0 Å². The quantitative estimate of drug-likeness (QED) is 0.606. The molecule has 3 aromatic carbocycles. The molecule has 0 spiro atoms. The summed E-state index contributed by atoms with van der Waals surface area (Å²) < 4.78 is 0. The van der Waals surface area contributed by atoms with Gasteiger partial charge in [-0.05, 0) is 47.3 Å². The van der Waals surface area contributed by atoms with E-state index in [1.807, 2.05) is 0 Å². The summed E-state index contributed by atoms with van der Waals surface area (Å²) in [6, 6.07) is 19.6. The predicted octanol–water partition coefficient (Wildman–Crippen LogP) is 4.05. The summed E-state index contributed by atoms with van der Waals surface area (Å²) in [6.07, 6.45) is 0. The van der Waals surface area contributed by atoms with Crippen LogP contribution in [-0.2, 0) is 6.54 Å². The van der Waals surface area contributed by atoms with E-state index in [-0.39, 0.29) is 0 Å². The van der Waals surface area contributed by atoms with Crippen LogP contribution in [0.15, 0.2) is 54.6 Å². The summed E-state index contributed by atoms with van der Waals surface area (Å²) in [4.78, 5) is 2.23. The molecule has 0 aromatic heterocycles. The van der Waals surface area contributed by atoms with E-state index in [2.05, 4.69) is 73.6 Å². The van der Waals surface area contributed by atoms with Gasteiger partial charge in [-0.2, -0.15) is 0 Å². The van der Waals surface area contributed by atoms with Crippen LogP contribution in [0, 0.1) is 0 Å². The maximum Gasteiger partial charge on any atom is 0.0239 e. The van der Waals surface area contributed by atoms with Crippen molar-refractivity contribution < 1.29 is 0 Å². The molecule has 90 valence electrons. The molecule has 0 radical (unpaired) electrons. The fourth-order valence-electron chi connectivity index (χ4n) is 2.59. The lowest BCUT2D eigenvalue weighted by atomic mass is 9.96. The average molecular weight is 235 g/mol. The summed E-state index contributed by atoms with van der Waals surface area (Å²) in [7, 11) is 4.24. The van der Waals surface area contributed by atoms with E-state index in [1.54, 1.807) is 0 Å². The second-order valence-electron chi connectivity index (χ2n) is 5.04. The summed E-state index contributed by atoms with van der Waals surface area (Å²) in [6.45, 7) is 0.974. The Morgan fingerprint density at radius 2 is 1.28 bits per heavy atom. The molecule has 0 heterocycles. The Labute approximate surface area is 108 Å². The van der Waals surface area contributed by atoms with Crippen molar-refractivity contribution >= 4 is 21.5 Å². The largest absolute Gasteiger partial charge is 0.305 e. The highest BCUT2D eigenvalue weighted by Crippen LogP contribution is 2.28. The van der Waals surface area contributed by atoms with Gasteiger partial charge in [0.2, 0.25) is 0 Å². The molecule has 0 unspecified atom stereocenters. The van der Waals surface area contributed by atoms with Crippen LogP contribution >= 0.6 is 0 Å². The fourth-order valence-corrected chi connectivity index (χ4v) is 2.59. The zero-order valence-corrected chi connectivity index (χ0v) is 10.9. The molecule has 0 N–H and O–H groups in total. The summed E-state index contributed by atoms with van der Waals surface area (Å²) >= 11 is 0. The molecule has 0 aliphatic carbocycles. The molecule has 1 nitrogen and oxygen atoms in total. The number of nitrogens with zero attached hydrogens (tertiary/aromatic N) is 1. The van der Waals surface area contributed by atoms with Crippen molar-refractivity contribution in [2.45, 2.75) is 6.54 Å². The van der Waals surface area contributed by atoms with E-state index in [1.165, 1.54) is 27.1 Å². The lowest BCUT2D eigenvalue weighted by molar-refractivity contribution is 0.405. The Kier molecular flexibility index (Phi) is 2.77. The van der Waals surface area contributed by atoms with Crippen molar-refractivity contribution in [2.75, 3.05) is 14.1 Å². The zero-order chi connectivity index (χ0) is 12.5. The number of benzene rings is 3. The first kappa shape index (κ1) is 11.2. The molecule has 0 aliphatic heterocycles. The van der Waals surface area contributed by atoms with E-state index in [0.717, 1.165) is 6.54 Å². The monoisotopic (exact) mass is 235 g/mol. The van der Waals surface area contributed by atoms with E-state index in [9.17, 15) is 0 Å². The van der Waals surface area contributed by atoms with Gasteiger partial charge in [-0.15, -0.1) is 0 Å². The average Bonchev–Trinajstić information content (AvgIpc) is 2.38. The van der Waals surface area contributed by atoms with Crippen LogP contribution < -0.4 is 0 Å². The minimum absolute atomic E-state index is 0.974. The number of hydrogen-bond donors (Lipinski definition) is 0. The molecule has 0 saturated carbocycles. The molecule has 0 amide bonds. The molecule has 0 fully saturated rings. The summed E-state index contributed by atoms with van der Waals surface area (Å²) in [5, 5.41) is 5.39. The van der Waals surface area contributed by atoms with E-state index >= 15 is 0 Å². The second kappa shape index (κ2) is 4.43. The van der Waals surface area contributed by atoms with Gasteiger partial charge in [0.1, 0.15) is 0 Å². The number of hydrogen-bond acceptors (Lipinski definition) is 1. The number of fused-ring (bicyclic) bond motifs is 2. The minimum atomic E-state index is 0.974. The molecular weight excluding hydrogens is 218 g/mol. The first-order valence-electron chi connectivity index (χ1n) is 6.30. The molecule has 3 aromatic rings. The van der Waals surface area contributed by atoms with Crippen LogP contribution in [0.4, 0.5) is 0 Å². The first-order valence-corrected chi connectivity index (χ1v) is 6.30. The third kappa shape index (κ3) is 1.87. The van der Waals surface area contributed by atoms with Gasteiger partial charge in [0.15, 0.2) is 0 Å². The summed E-state index contributed by atoms with van der Waals surface area (Å²) in [5.74, 6) is 0. The molecule has 18 heavy (non-hydrogen) atoms. The Morgan fingerprint density at radius 3 is 1.78 bits per heavy atom. The maximum atomic E-state index is 2.28. The van der Waals surface area contributed by atoms with Crippen LogP contribution in [-0.4, -0.2) is 19.0 Å². The van der Waals surface area contributed by atoms with Gasteiger partial charge in [-0.3, -0.25) is 0 Å². The fraction of sp³-hybridized carbons (Fsp3) is 0.176. The van der Waals surface area contributed by atoms with Crippen molar-refractivity contribution in [3.05, 3.63) is 60.2 Å². The Morgan fingerprint density at radius 1 is 0.778 bits per heavy atom. The van der Waals surface area contributed by atoms with Crippen molar-refractivity contribution in [1.29, 1.82) is 0 Å². The SMILES string of the molecule is CN(C)Cc1c2ccccc2cc2ccccc12. The highest BCUT2D eigenvalue weighted by atomic mass is 15.0. The molecule has 0 bridgehead atoms. The van der Waals surface area contributed by atoms with E-state index < -0.39 is 0 Å². The molecular formula is C17H17N. The lowest BCUT2D eigenvalue weighted by Gasteiger charge is -2.15. The highest BCUT2D eigenvalue weighted by Gasteiger charge is 2.07. The smallest absolute Gasteiger partial charge is 0.0239 e. The van der Waals surface area contributed by atoms with Crippen LogP contribution in [0.5, 0.6) is 0 Å². The van der Waals surface area contributed by atoms with Gasteiger partial charge in [0.25, 0.3) is 0 Å². The Hall–Kier alpha value is -1.86. The topological polar surface area (TPSA) is 3.24 Å². The van der Waals surface area contributed by atoms with Gasteiger partial charge in [0, 0.05) is 6.54 Å². The second-order valence-corrected chi connectivity index (χ2v) is 5.04. The Balaban J connectivity index is 2.41. The highest BCUT2D eigenvalue weighted by molar-refractivity contribution is 6.02. The first-order chi connectivity index (χ1) is 8.75. The van der Waals surface area contributed by atoms with Gasteiger partial charge >= 0.3 is 0 Å². The minimum Gasteiger partial charge on any atom is -0.305 e. The van der Waals surface area contributed by atoms with Gasteiger partial charge in [-0.1, -0.05) is 48.5 Å². The van der Waals surface area contributed by atoms with Gasteiger partial charge in [-0.25, -0.2) is 0 Å². The molecule has 1 heteroatoms. The number of rotatable bonds is 2. The van der Waals surface area contributed by atoms with Crippen LogP contribution in [0.1, 0.15) is 5.56 Å². The Bertz CT molecular complexity index is 644. The normalized spacial score (nSPS) is 11.5. The van der Waals surface area contributed by atoms with E-state index in [0.29, 0.717) is 0 Å². The molecule has 0 saturated heterocycles. The third-order valence-corrected chi connectivity index (χ3v) is 3.36. The standard InChI is InChI=1S/C17H17N/c1-18(2)12-17-15-9-5-3-7-13(15)11-14-8-4-6-10-16(14)17/h3-11H,12H2,1-2H3. The van der Waals surface area contributed by atoms with Crippen LogP contribution in [0.3, 0.4) is 0 Å². The molecule has 3 rings (SSSR count). The van der Waals surface area contributed by atoms with Gasteiger partial charge < -0.3 is 4.90 Å². The third-order valence-electron chi connectivity index (χ3n) is 3.36. The van der Waals surface area contributed by atoms with Crippen LogP contribution in [0.25, 0.3) is 21.5 Å². The van der Waals surface area contributed by atoms with Crippen molar-refractivity contribution in [2.24, 2.45) is 0 Å². The molecule has 0 aliphatic rings. The van der Waals surface area contributed by atoms with Crippen LogP contribution in [0.2, 0.25) is 0 Å². The maximum absolute atomic E-state index is 2.28. The summed E-state index contributed by atoms with van der Waals surface area (Å²) in [5.41, 5.74) is 1.42. The van der Waals surface area contributed by atoms with Crippen molar-refractivity contribution in [3.8, 4) is 0 Å². The predicted molar refractivity (Wildman–Crippen MR) is 78.8 cm³/mol. The zero-order valence-electron chi connectivity index (χ0n) is 10.9. The molecule has 0 atom stereocenters. The van der Waals surface area contributed by atoms with Gasteiger partial charge in [0.05, 0.1) is 0 Å².